The minimum absolute atomic E-state index is 0.00460. The Morgan fingerprint density at radius 3 is 2.55 bits per heavy atom. The van der Waals surface area contributed by atoms with Crippen LogP contribution >= 0.6 is 0 Å². The lowest BCUT2D eigenvalue weighted by atomic mass is 10.2. The third-order valence-electron chi connectivity index (χ3n) is 4.97. The normalized spacial score (nSPS) is 11.7. The molecule has 2 aromatic carbocycles. The summed E-state index contributed by atoms with van der Waals surface area (Å²) in [4.78, 5) is 29.4. The number of hydrogen-bond acceptors (Lipinski definition) is 6. The van der Waals surface area contributed by atoms with E-state index in [1.165, 1.54) is 41.0 Å². The number of anilines is 1. The van der Waals surface area contributed by atoms with E-state index in [1.807, 2.05) is 0 Å². The van der Waals surface area contributed by atoms with Crippen LogP contribution in [0.3, 0.4) is 0 Å². The zero-order chi connectivity index (χ0) is 24.2. The quantitative estimate of drug-likeness (QED) is 0.508. The molecule has 0 fully saturated rings. The van der Waals surface area contributed by atoms with Crippen LogP contribution in [0.4, 0.5) is 10.1 Å². The van der Waals surface area contributed by atoms with Gasteiger partial charge in [-0.2, -0.15) is 4.31 Å². The lowest BCUT2D eigenvalue weighted by Gasteiger charge is -2.20. The van der Waals surface area contributed by atoms with Crippen molar-refractivity contribution in [2.24, 2.45) is 0 Å². The third kappa shape index (κ3) is 5.20. The average molecular weight is 477 g/mol. The average Bonchev–Trinajstić information content (AvgIpc) is 2.78. The van der Waals surface area contributed by atoms with Crippen molar-refractivity contribution >= 4 is 32.5 Å². The molecule has 0 unspecified atom stereocenters. The number of amides is 1. The first-order valence-electron chi connectivity index (χ1n) is 10.4. The summed E-state index contributed by atoms with van der Waals surface area (Å²) >= 11 is 0. The van der Waals surface area contributed by atoms with Crippen molar-refractivity contribution in [3.8, 4) is 5.75 Å². The summed E-state index contributed by atoms with van der Waals surface area (Å²) in [6.45, 7) is 5.71. The highest BCUT2D eigenvalue weighted by molar-refractivity contribution is 7.89. The molecule has 0 saturated carbocycles. The number of fused-ring (bicyclic) bond motifs is 1. The van der Waals surface area contributed by atoms with Gasteiger partial charge in [-0.3, -0.25) is 14.2 Å². The Kier molecular flexibility index (Phi) is 7.44. The number of carbonyl (C=O) groups excluding carboxylic acids is 1. The molecule has 1 heterocycles. The van der Waals surface area contributed by atoms with Crippen molar-refractivity contribution in [1.82, 2.24) is 13.9 Å². The first kappa shape index (κ1) is 24.3. The van der Waals surface area contributed by atoms with Crippen LogP contribution in [0.15, 0.2) is 52.4 Å². The molecular formula is C22H25FN4O5S. The van der Waals surface area contributed by atoms with E-state index < -0.39 is 33.9 Å². The van der Waals surface area contributed by atoms with Crippen molar-refractivity contribution in [3.63, 3.8) is 0 Å². The molecule has 176 valence electrons. The highest BCUT2D eigenvalue weighted by atomic mass is 32.2. The van der Waals surface area contributed by atoms with Crippen LogP contribution in [0.1, 0.15) is 20.8 Å². The first-order chi connectivity index (χ1) is 15.7. The Hall–Kier alpha value is -3.31. The van der Waals surface area contributed by atoms with Crippen LogP contribution in [0.25, 0.3) is 10.9 Å². The summed E-state index contributed by atoms with van der Waals surface area (Å²) in [7, 11) is -3.76. The van der Waals surface area contributed by atoms with Gasteiger partial charge in [0.2, 0.25) is 15.9 Å². The van der Waals surface area contributed by atoms with E-state index in [-0.39, 0.29) is 21.7 Å². The van der Waals surface area contributed by atoms with E-state index in [2.05, 4.69) is 10.3 Å². The number of hydrogen-bond donors (Lipinski definition) is 1. The molecule has 1 aromatic heterocycles. The minimum atomic E-state index is -3.76. The van der Waals surface area contributed by atoms with Gasteiger partial charge in [-0.1, -0.05) is 13.8 Å². The predicted molar refractivity (Wildman–Crippen MR) is 122 cm³/mol. The summed E-state index contributed by atoms with van der Waals surface area (Å²) in [5.74, 6) is -0.903. The van der Waals surface area contributed by atoms with Gasteiger partial charge in [0.25, 0.3) is 5.56 Å². The molecule has 0 aliphatic heterocycles. The molecule has 0 radical (unpaired) electrons. The minimum Gasteiger partial charge on any atom is -0.492 e. The van der Waals surface area contributed by atoms with Gasteiger partial charge in [0.15, 0.2) is 0 Å². The number of sulfonamides is 1. The maximum absolute atomic E-state index is 13.5. The molecule has 0 bridgehead atoms. The summed E-state index contributed by atoms with van der Waals surface area (Å²) in [6.07, 6.45) is 1.20. The van der Waals surface area contributed by atoms with E-state index in [0.29, 0.717) is 25.2 Å². The van der Waals surface area contributed by atoms with Crippen LogP contribution in [0.5, 0.6) is 5.75 Å². The lowest BCUT2D eigenvalue weighted by Crippen LogP contribution is -2.31. The molecule has 33 heavy (non-hydrogen) atoms. The molecule has 9 nitrogen and oxygen atoms in total. The second-order valence-corrected chi connectivity index (χ2v) is 9.01. The number of carbonyl (C=O) groups is 1. The maximum Gasteiger partial charge on any atom is 0.261 e. The number of benzene rings is 2. The van der Waals surface area contributed by atoms with Gasteiger partial charge < -0.3 is 10.1 Å². The van der Waals surface area contributed by atoms with Gasteiger partial charge in [0, 0.05) is 13.1 Å². The van der Waals surface area contributed by atoms with Gasteiger partial charge in [-0.05, 0) is 43.3 Å². The van der Waals surface area contributed by atoms with E-state index in [0.717, 1.165) is 10.6 Å². The molecule has 1 amide bonds. The van der Waals surface area contributed by atoms with E-state index in [9.17, 15) is 22.4 Å². The van der Waals surface area contributed by atoms with E-state index >= 15 is 0 Å². The zero-order valence-corrected chi connectivity index (χ0v) is 19.4. The van der Waals surface area contributed by atoms with E-state index in [4.69, 9.17) is 4.74 Å². The molecular weight excluding hydrogens is 451 g/mol. The zero-order valence-electron chi connectivity index (χ0n) is 18.5. The van der Waals surface area contributed by atoms with Gasteiger partial charge in [0.1, 0.15) is 18.1 Å². The number of rotatable bonds is 9. The Balaban J connectivity index is 1.92. The molecule has 11 heteroatoms. The van der Waals surface area contributed by atoms with Crippen molar-refractivity contribution in [2.75, 3.05) is 25.0 Å². The number of aromatic nitrogens is 2. The van der Waals surface area contributed by atoms with E-state index in [1.54, 1.807) is 20.8 Å². The van der Waals surface area contributed by atoms with Crippen LogP contribution in [-0.2, 0) is 21.4 Å². The highest BCUT2D eigenvalue weighted by Gasteiger charge is 2.23. The van der Waals surface area contributed by atoms with Crippen molar-refractivity contribution in [1.29, 1.82) is 0 Å². The molecule has 0 aliphatic rings. The molecule has 3 rings (SSSR count). The van der Waals surface area contributed by atoms with Crippen LogP contribution < -0.4 is 15.6 Å². The topological polar surface area (TPSA) is 111 Å². The largest absolute Gasteiger partial charge is 0.492 e. The summed E-state index contributed by atoms with van der Waals surface area (Å²) < 4.78 is 47.2. The lowest BCUT2D eigenvalue weighted by molar-refractivity contribution is -0.116. The van der Waals surface area contributed by atoms with Gasteiger partial charge in [0.05, 0.1) is 34.4 Å². The van der Waals surface area contributed by atoms with Gasteiger partial charge >= 0.3 is 0 Å². The predicted octanol–water partition coefficient (Wildman–Crippen LogP) is 2.60. The molecule has 0 saturated heterocycles. The molecule has 0 spiro atoms. The molecule has 1 N–H and O–H groups in total. The van der Waals surface area contributed by atoms with Gasteiger partial charge in [-0.25, -0.2) is 17.8 Å². The van der Waals surface area contributed by atoms with Crippen LogP contribution in [0.2, 0.25) is 0 Å². The van der Waals surface area contributed by atoms with Crippen molar-refractivity contribution in [2.45, 2.75) is 32.2 Å². The monoisotopic (exact) mass is 476 g/mol. The maximum atomic E-state index is 13.5. The Morgan fingerprint density at radius 1 is 1.15 bits per heavy atom. The number of nitrogens with one attached hydrogen (secondary N) is 1. The van der Waals surface area contributed by atoms with Gasteiger partial charge in [-0.15, -0.1) is 0 Å². The summed E-state index contributed by atoms with van der Waals surface area (Å²) in [5.41, 5.74) is -0.105. The molecule has 0 aliphatic carbocycles. The second-order valence-electron chi connectivity index (χ2n) is 7.07. The summed E-state index contributed by atoms with van der Waals surface area (Å²) in [5, 5.41) is 2.66. The summed E-state index contributed by atoms with van der Waals surface area (Å²) in [6, 6.07) is 7.86. The first-order valence-corrected chi connectivity index (χ1v) is 11.9. The number of ether oxygens (including phenoxy) is 1. The fraction of sp³-hybridized carbons (Fsp3) is 0.318. The fourth-order valence-corrected chi connectivity index (χ4v) is 4.83. The Labute approximate surface area is 190 Å². The van der Waals surface area contributed by atoms with Crippen molar-refractivity contribution in [3.05, 3.63) is 58.9 Å². The Morgan fingerprint density at radius 2 is 1.88 bits per heavy atom. The number of halogens is 1. The highest BCUT2D eigenvalue weighted by Crippen LogP contribution is 2.29. The standard InChI is InChI=1S/C22H25FN4O5S/c1-4-27(5-2)33(30,31)16-8-10-20(32-6-3)19(12-16)25-21(28)13-26-14-24-18-9-7-15(23)11-17(18)22(26)29/h7-12,14H,4-6,13H2,1-3H3,(H,25,28). The second kappa shape index (κ2) is 10.1. The molecule has 3 aromatic rings. The SMILES string of the molecule is CCOc1ccc(S(=O)(=O)N(CC)CC)cc1NC(=O)Cn1cnc2ccc(F)cc2c1=O. The Bertz CT molecular complexity index is 1340. The van der Waals surface area contributed by atoms with Crippen molar-refractivity contribution < 1.29 is 22.3 Å². The number of nitrogens with zero attached hydrogens (tertiary/aromatic N) is 3. The molecule has 0 atom stereocenters. The van der Waals surface area contributed by atoms with Crippen LogP contribution in [0, 0.1) is 5.82 Å². The third-order valence-corrected chi connectivity index (χ3v) is 7.01. The fourth-order valence-electron chi connectivity index (χ4n) is 3.35. The van der Waals surface area contributed by atoms with Crippen LogP contribution in [-0.4, -0.2) is 47.9 Å². The smallest absolute Gasteiger partial charge is 0.261 e.